The third kappa shape index (κ3) is 5.24. The fourth-order valence-electron chi connectivity index (χ4n) is 5.20. The largest absolute Gasteiger partial charge is 0.370 e. The molecule has 2 N–H and O–H groups in total. The first-order chi connectivity index (χ1) is 17.1. The molecular weight excluding hydrogens is 443 g/mol. The minimum absolute atomic E-state index is 0.0169. The minimum Gasteiger partial charge on any atom is -0.370 e. The Hall–Kier alpha value is -3.60. The number of nitriles is 1. The van der Waals surface area contributed by atoms with Crippen molar-refractivity contribution in [2.45, 2.75) is 44.6 Å². The number of benzene rings is 1. The van der Waals surface area contributed by atoms with E-state index in [0.717, 1.165) is 31.0 Å². The number of carbonyl (C=O) groups excluding carboxylic acids is 1. The van der Waals surface area contributed by atoms with Crippen LogP contribution in [0, 0.1) is 23.1 Å². The number of anilines is 1. The number of nitrogens with zero attached hydrogens (tertiary/aromatic N) is 4. The van der Waals surface area contributed by atoms with Gasteiger partial charge in [-0.1, -0.05) is 37.5 Å². The Balaban J connectivity index is 1.38. The van der Waals surface area contributed by atoms with Gasteiger partial charge in [-0.15, -0.1) is 0 Å². The predicted octanol–water partition coefficient (Wildman–Crippen LogP) is 4.37. The van der Waals surface area contributed by atoms with Crippen LogP contribution in [0.5, 0.6) is 0 Å². The summed E-state index contributed by atoms with van der Waals surface area (Å²) in [7, 11) is 0. The van der Waals surface area contributed by atoms with Crippen LogP contribution in [0.3, 0.4) is 0 Å². The van der Waals surface area contributed by atoms with Crippen LogP contribution in [0.2, 0.25) is 0 Å². The molecule has 7 nitrogen and oxygen atoms in total. The molecule has 8 heteroatoms. The highest BCUT2D eigenvalue weighted by atomic mass is 19.1. The Kier molecular flexibility index (Phi) is 6.84. The van der Waals surface area contributed by atoms with Crippen LogP contribution in [-0.2, 0) is 4.79 Å². The van der Waals surface area contributed by atoms with Crippen LogP contribution in [-0.4, -0.2) is 46.8 Å². The average Bonchev–Trinajstić information content (AvgIpc) is 3.32. The van der Waals surface area contributed by atoms with Crippen LogP contribution in [0.1, 0.15) is 50.1 Å². The molecule has 1 aliphatic heterocycles. The number of piperazine rings is 1. The van der Waals surface area contributed by atoms with Crippen molar-refractivity contribution in [3.8, 4) is 17.3 Å². The number of hydrogen-bond acceptors (Lipinski definition) is 5. The number of amides is 1. The number of allylic oxidation sites excluding steroid dienone is 3. The summed E-state index contributed by atoms with van der Waals surface area (Å²) in [6.07, 6.45) is 13.5. The first-order valence-corrected chi connectivity index (χ1v) is 12.5. The molecule has 1 atom stereocenters. The Bertz CT molecular complexity index is 1190. The van der Waals surface area contributed by atoms with Crippen molar-refractivity contribution in [3.05, 3.63) is 59.6 Å². The molecule has 2 aliphatic carbocycles. The van der Waals surface area contributed by atoms with Gasteiger partial charge in [0.25, 0.3) is 0 Å². The van der Waals surface area contributed by atoms with Gasteiger partial charge in [0.2, 0.25) is 5.91 Å². The van der Waals surface area contributed by atoms with Crippen molar-refractivity contribution in [1.82, 2.24) is 20.0 Å². The van der Waals surface area contributed by atoms with E-state index in [4.69, 9.17) is 10.4 Å². The maximum absolute atomic E-state index is 14.3. The van der Waals surface area contributed by atoms with E-state index in [1.54, 1.807) is 6.07 Å². The number of rotatable bonds is 6. The molecular formula is C27H31FN6O. The Morgan fingerprint density at radius 1 is 1.23 bits per heavy atom. The van der Waals surface area contributed by atoms with Gasteiger partial charge in [0.15, 0.2) is 0 Å². The van der Waals surface area contributed by atoms with Crippen molar-refractivity contribution in [2.75, 3.05) is 31.5 Å². The minimum atomic E-state index is -0.535. The maximum Gasteiger partial charge on any atom is 0.239 e. The van der Waals surface area contributed by atoms with Crippen molar-refractivity contribution < 1.29 is 9.18 Å². The van der Waals surface area contributed by atoms with Gasteiger partial charge in [0.05, 0.1) is 23.8 Å². The molecule has 1 saturated carbocycles. The van der Waals surface area contributed by atoms with Gasteiger partial charge in [-0.2, -0.15) is 10.4 Å². The fourth-order valence-corrected chi connectivity index (χ4v) is 5.20. The Morgan fingerprint density at radius 3 is 2.80 bits per heavy atom. The molecule has 182 valence electrons. The van der Waals surface area contributed by atoms with Crippen molar-refractivity contribution >= 4 is 11.7 Å². The Morgan fingerprint density at radius 2 is 2.09 bits per heavy atom. The van der Waals surface area contributed by atoms with Gasteiger partial charge in [-0.25, -0.2) is 9.07 Å². The van der Waals surface area contributed by atoms with Gasteiger partial charge in [-0.05, 0) is 43.4 Å². The molecule has 0 spiro atoms. The molecule has 1 aromatic heterocycles. The normalized spacial score (nSPS) is 20.8. The SMILES string of the molecule is N#Cc1ccc(-c2cc(NCC3CCCCC3)n(C3C=CC(N4CCNC(=O)C4)=CC3)n2)cc1F. The zero-order valence-electron chi connectivity index (χ0n) is 19.8. The summed E-state index contributed by atoms with van der Waals surface area (Å²) < 4.78 is 16.3. The molecule has 1 unspecified atom stereocenters. The van der Waals surface area contributed by atoms with E-state index in [9.17, 15) is 9.18 Å². The topological polar surface area (TPSA) is 86.0 Å². The van der Waals surface area contributed by atoms with Crippen LogP contribution in [0.15, 0.2) is 48.2 Å². The summed E-state index contributed by atoms with van der Waals surface area (Å²) in [5.41, 5.74) is 2.42. The van der Waals surface area contributed by atoms with Gasteiger partial charge >= 0.3 is 0 Å². The van der Waals surface area contributed by atoms with Gasteiger partial charge in [0, 0.05) is 37.0 Å². The second kappa shape index (κ2) is 10.3. The standard InChI is InChI=1S/C27H31FN6O/c28-24-14-20(6-7-21(24)16-29)25-15-26(31-17-19-4-2-1-3-5-19)34(32-25)23-10-8-22(9-11-23)33-13-12-30-27(35)18-33/h6-10,14-15,19,23,31H,1-5,11-13,17-18H2,(H,30,35). The molecule has 1 aromatic carbocycles. The third-order valence-corrected chi connectivity index (χ3v) is 7.19. The second-order valence-corrected chi connectivity index (χ2v) is 9.61. The number of hydrogen-bond donors (Lipinski definition) is 2. The molecule has 35 heavy (non-hydrogen) atoms. The highest BCUT2D eigenvalue weighted by Gasteiger charge is 2.23. The molecule has 2 heterocycles. The highest BCUT2D eigenvalue weighted by Crippen LogP contribution is 2.31. The van der Waals surface area contributed by atoms with Crippen molar-refractivity contribution in [1.29, 1.82) is 5.26 Å². The summed E-state index contributed by atoms with van der Waals surface area (Å²) in [5, 5.41) is 20.4. The van der Waals surface area contributed by atoms with Gasteiger partial charge in [0.1, 0.15) is 17.7 Å². The molecule has 0 radical (unpaired) electrons. The lowest BCUT2D eigenvalue weighted by Gasteiger charge is -2.31. The lowest BCUT2D eigenvalue weighted by Crippen LogP contribution is -2.46. The fraction of sp³-hybridized carbons (Fsp3) is 0.444. The summed E-state index contributed by atoms with van der Waals surface area (Å²) in [6.45, 7) is 2.74. The van der Waals surface area contributed by atoms with Crippen LogP contribution in [0.25, 0.3) is 11.3 Å². The maximum atomic E-state index is 14.3. The first-order valence-electron chi connectivity index (χ1n) is 12.5. The molecule has 5 rings (SSSR count). The van der Waals surface area contributed by atoms with Gasteiger partial charge < -0.3 is 15.5 Å². The monoisotopic (exact) mass is 474 g/mol. The van der Waals surface area contributed by atoms with Crippen LogP contribution >= 0.6 is 0 Å². The zero-order chi connectivity index (χ0) is 24.2. The van der Waals surface area contributed by atoms with Crippen molar-refractivity contribution in [2.24, 2.45) is 5.92 Å². The van der Waals surface area contributed by atoms with E-state index in [-0.39, 0.29) is 17.5 Å². The zero-order valence-corrected chi connectivity index (χ0v) is 19.8. The second-order valence-electron chi connectivity index (χ2n) is 9.61. The van der Waals surface area contributed by atoms with E-state index in [1.807, 2.05) is 16.8 Å². The van der Waals surface area contributed by atoms with Crippen LogP contribution in [0.4, 0.5) is 10.2 Å². The lowest BCUT2D eigenvalue weighted by atomic mass is 9.89. The lowest BCUT2D eigenvalue weighted by molar-refractivity contribution is -0.123. The van der Waals surface area contributed by atoms with Crippen molar-refractivity contribution in [3.63, 3.8) is 0 Å². The molecule has 1 amide bonds. The molecule has 0 bridgehead atoms. The summed E-state index contributed by atoms with van der Waals surface area (Å²) in [6, 6.07) is 8.50. The molecule has 2 fully saturated rings. The van der Waals surface area contributed by atoms with Crippen LogP contribution < -0.4 is 10.6 Å². The van der Waals surface area contributed by atoms with Gasteiger partial charge in [-0.3, -0.25) is 4.79 Å². The first kappa shape index (κ1) is 23.2. The summed E-state index contributed by atoms with van der Waals surface area (Å²) in [4.78, 5) is 13.9. The highest BCUT2D eigenvalue weighted by molar-refractivity contribution is 5.79. The quantitative estimate of drug-likeness (QED) is 0.649. The summed E-state index contributed by atoms with van der Waals surface area (Å²) in [5.74, 6) is 1.08. The number of nitrogens with one attached hydrogen (secondary N) is 2. The van der Waals surface area contributed by atoms with E-state index in [2.05, 4.69) is 33.8 Å². The number of halogens is 1. The van der Waals surface area contributed by atoms with E-state index in [1.165, 1.54) is 44.2 Å². The van der Waals surface area contributed by atoms with E-state index in [0.29, 0.717) is 30.3 Å². The molecule has 3 aliphatic rings. The number of aromatic nitrogens is 2. The molecule has 1 saturated heterocycles. The summed E-state index contributed by atoms with van der Waals surface area (Å²) >= 11 is 0. The Labute approximate surface area is 205 Å². The van der Waals surface area contributed by atoms with E-state index >= 15 is 0 Å². The average molecular weight is 475 g/mol. The predicted molar refractivity (Wildman–Crippen MR) is 133 cm³/mol. The third-order valence-electron chi connectivity index (χ3n) is 7.19. The van der Waals surface area contributed by atoms with E-state index < -0.39 is 5.82 Å². The number of carbonyl (C=O) groups is 1. The smallest absolute Gasteiger partial charge is 0.239 e. The molecule has 2 aromatic rings.